The highest BCUT2D eigenvalue weighted by Crippen LogP contribution is 2.20. The monoisotopic (exact) mass is 293 g/mol. The third-order valence-electron chi connectivity index (χ3n) is 3.86. The van der Waals surface area contributed by atoms with Gasteiger partial charge in [0.2, 0.25) is 5.88 Å². The summed E-state index contributed by atoms with van der Waals surface area (Å²) < 4.78 is 5.71. The molecule has 0 radical (unpaired) electrons. The molecule has 5 heteroatoms. The summed E-state index contributed by atoms with van der Waals surface area (Å²) in [5, 5.41) is 1.11. The maximum atomic E-state index is 12.4. The normalized spacial score (nSPS) is 14.8. The fourth-order valence-corrected chi connectivity index (χ4v) is 2.63. The molecule has 1 saturated heterocycles. The van der Waals surface area contributed by atoms with Gasteiger partial charge < -0.3 is 14.6 Å². The van der Waals surface area contributed by atoms with Crippen molar-refractivity contribution in [3.63, 3.8) is 0 Å². The minimum atomic E-state index is 0.0214. The third-order valence-corrected chi connectivity index (χ3v) is 3.86. The smallest absolute Gasteiger partial charge is 0.254 e. The number of nitrogens with one attached hydrogen (secondary N) is 1. The summed E-state index contributed by atoms with van der Waals surface area (Å²) in [5.74, 6) is 0.643. The maximum Gasteiger partial charge on any atom is 0.254 e. The average molecular weight is 293 g/mol. The van der Waals surface area contributed by atoms with Crippen LogP contribution >= 0.6 is 0 Å². The van der Waals surface area contributed by atoms with Crippen LogP contribution in [0.25, 0.3) is 10.9 Å². The molecule has 2 aromatic heterocycles. The Hall–Kier alpha value is -2.82. The van der Waals surface area contributed by atoms with Gasteiger partial charge in [0, 0.05) is 29.5 Å². The number of H-pyrrole nitrogens is 1. The van der Waals surface area contributed by atoms with Gasteiger partial charge in [-0.05, 0) is 29.7 Å². The van der Waals surface area contributed by atoms with E-state index in [1.807, 2.05) is 48.7 Å². The average Bonchev–Trinajstić information content (AvgIpc) is 2.98. The maximum absolute atomic E-state index is 12.4. The fraction of sp³-hybridized carbons (Fsp3) is 0.176. The number of amides is 1. The lowest BCUT2D eigenvalue weighted by Crippen LogP contribution is -2.56. The van der Waals surface area contributed by atoms with Crippen LogP contribution in [0.1, 0.15) is 10.4 Å². The molecule has 110 valence electrons. The third kappa shape index (κ3) is 2.30. The van der Waals surface area contributed by atoms with E-state index in [-0.39, 0.29) is 12.0 Å². The van der Waals surface area contributed by atoms with Gasteiger partial charge in [0.25, 0.3) is 5.91 Å². The van der Waals surface area contributed by atoms with Gasteiger partial charge in [-0.25, -0.2) is 4.98 Å². The van der Waals surface area contributed by atoms with Gasteiger partial charge in [0.15, 0.2) is 0 Å². The van der Waals surface area contributed by atoms with Crippen LogP contribution in [0.2, 0.25) is 0 Å². The Balaban J connectivity index is 1.40. The zero-order chi connectivity index (χ0) is 14.9. The minimum absolute atomic E-state index is 0.0214. The summed E-state index contributed by atoms with van der Waals surface area (Å²) in [4.78, 5) is 21.5. The molecule has 0 spiro atoms. The van der Waals surface area contributed by atoms with E-state index >= 15 is 0 Å². The molecule has 3 heterocycles. The van der Waals surface area contributed by atoms with Gasteiger partial charge in [-0.2, -0.15) is 0 Å². The second-order valence-electron chi connectivity index (χ2n) is 5.40. The Kier molecular flexibility index (Phi) is 3.04. The number of aromatic nitrogens is 2. The zero-order valence-electron chi connectivity index (χ0n) is 11.9. The van der Waals surface area contributed by atoms with Crippen molar-refractivity contribution in [2.45, 2.75) is 6.10 Å². The molecule has 5 nitrogen and oxygen atoms in total. The summed E-state index contributed by atoms with van der Waals surface area (Å²) in [5.41, 5.74) is 1.68. The van der Waals surface area contributed by atoms with Crippen LogP contribution in [0.4, 0.5) is 0 Å². The number of pyridine rings is 1. The second kappa shape index (κ2) is 5.18. The highest BCUT2D eigenvalue weighted by Gasteiger charge is 2.33. The first-order valence-corrected chi connectivity index (χ1v) is 7.24. The predicted octanol–water partition coefficient (Wildman–Crippen LogP) is 2.47. The first-order chi connectivity index (χ1) is 10.8. The largest absolute Gasteiger partial charge is 0.471 e. The van der Waals surface area contributed by atoms with Crippen molar-refractivity contribution in [2.75, 3.05) is 13.1 Å². The molecule has 1 aliphatic heterocycles. The van der Waals surface area contributed by atoms with Gasteiger partial charge in [-0.1, -0.05) is 12.1 Å². The molecule has 1 N–H and O–H groups in total. The lowest BCUT2D eigenvalue weighted by molar-refractivity contribution is 0.0160. The van der Waals surface area contributed by atoms with E-state index < -0.39 is 0 Å². The second-order valence-corrected chi connectivity index (χ2v) is 5.40. The number of ether oxygens (including phenoxy) is 1. The number of rotatable bonds is 3. The van der Waals surface area contributed by atoms with Crippen molar-refractivity contribution in [2.24, 2.45) is 0 Å². The van der Waals surface area contributed by atoms with Crippen LogP contribution in [-0.2, 0) is 0 Å². The van der Waals surface area contributed by atoms with Crippen molar-refractivity contribution in [1.82, 2.24) is 14.9 Å². The number of hydrogen-bond acceptors (Lipinski definition) is 3. The van der Waals surface area contributed by atoms with Gasteiger partial charge in [0.05, 0.1) is 13.1 Å². The first kappa shape index (κ1) is 12.9. The van der Waals surface area contributed by atoms with E-state index in [1.54, 1.807) is 11.1 Å². The molecule has 22 heavy (non-hydrogen) atoms. The van der Waals surface area contributed by atoms with Crippen LogP contribution in [0.15, 0.2) is 54.9 Å². The molecule has 0 aliphatic carbocycles. The van der Waals surface area contributed by atoms with E-state index in [0.717, 1.165) is 10.9 Å². The number of hydrogen-bond donors (Lipinski definition) is 1. The highest BCUT2D eigenvalue weighted by atomic mass is 16.5. The van der Waals surface area contributed by atoms with Gasteiger partial charge in [-0.3, -0.25) is 4.79 Å². The van der Waals surface area contributed by atoms with E-state index in [1.165, 1.54) is 0 Å². The topological polar surface area (TPSA) is 58.2 Å². The number of fused-ring (bicyclic) bond motifs is 1. The minimum Gasteiger partial charge on any atom is -0.471 e. The van der Waals surface area contributed by atoms with E-state index in [2.05, 4.69) is 9.97 Å². The van der Waals surface area contributed by atoms with Crippen LogP contribution in [0.3, 0.4) is 0 Å². The lowest BCUT2D eigenvalue weighted by Gasteiger charge is -2.38. The summed E-state index contributed by atoms with van der Waals surface area (Å²) in [6, 6.07) is 13.3. The summed E-state index contributed by atoms with van der Waals surface area (Å²) in [6.45, 7) is 1.19. The standard InChI is InChI=1S/C17H15N3O2/c21-17(13-5-4-12-6-8-18-15(12)9-13)20-10-14(11-20)22-16-3-1-2-7-19-16/h1-9,14,18H,10-11H2. The number of carbonyl (C=O) groups excluding carboxylic acids is 1. The van der Waals surface area contributed by atoms with Crippen LogP contribution in [0.5, 0.6) is 5.88 Å². The molecule has 3 aromatic rings. The number of aromatic amines is 1. The Morgan fingerprint density at radius 3 is 2.95 bits per heavy atom. The Bertz CT molecular complexity index is 807. The predicted molar refractivity (Wildman–Crippen MR) is 82.9 cm³/mol. The summed E-state index contributed by atoms with van der Waals surface area (Å²) in [7, 11) is 0. The van der Waals surface area contributed by atoms with E-state index in [0.29, 0.717) is 24.5 Å². The fourth-order valence-electron chi connectivity index (χ4n) is 2.63. The molecular formula is C17H15N3O2. The zero-order valence-corrected chi connectivity index (χ0v) is 11.9. The van der Waals surface area contributed by atoms with E-state index in [4.69, 9.17) is 4.74 Å². The van der Waals surface area contributed by atoms with Crippen molar-refractivity contribution in [3.05, 3.63) is 60.4 Å². The molecule has 1 aliphatic rings. The number of benzene rings is 1. The van der Waals surface area contributed by atoms with Gasteiger partial charge in [0.1, 0.15) is 6.10 Å². The molecule has 0 atom stereocenters. The van der Waals surface area contributed by atoms with Crippen molar-refractivity contribution >= 4 is 16.8 Å². The number of carbonyl (C=O) groups is 1. The molecular weight excluding hydrogens is 278 g/mol. The molecule has 1 amide bonds. The SMILES string of the molecule is O=C(c1ccc2cc[nH]c2c1)N1CC(Oc2ccccn2)C1. The molecule has 0 bridgehead atoms. The summed E-state index contributed by atoms with van der Waals surface area (Å²) in [6.07, 6.45) is 3.59. The Labute approximate surface area is 127 Å². The lowest BCUT2D eigenvalue weighted by atomic mass is 10.1. The van der Waals surface area contributed by atoms with Gasteiger partial charge >= 0.3 is 0 Å². The first-order valence-electron chi connectivity index (χ1n) is 7.24. The number of nitrogens with zero attached hydrogens (tertiary/aromatic N) is 2. The molecule has 0 unspecified atom stereocenters. The molecule has 0 saturated carbocycles. The number of likely N-dealkylation sites (tertiary alicyclic amines) is 1. The highest BCUT2D eigenvalue weighted by molar-refractivity contribution is 5.98. The van der Waals surface area contributed by atoms with Crippen molar-refractivity contribution < 1.29 is 9.53 Å². The molecule has 4 rings (SSSR count). The van der Waals surface area contributed by atoms with Crippen LogP contribution in [-0.4, -0.2) is 40.0 Å². The summed E-state index contributed by atoms with van der Waals surface area (Å²) >= 11 is 0. The van der Waals surface area contributed by atoms with Crippen molar-refractivity contribution in [3.8, 4) is 5.88 Å². The van der Waals surface area contributed by atoms with Gasteiger partial charge in [-0.15, -0.1) is 0 Å². The van der Waals surface area contributed by atoms with Crippen LogP contribution < -0.4 is 4.74 Å². The quantitative estimate of drug-likeness (QED) is 0.807. The van der Waals surface area contributed by atoms with Crippen LogP contribution in [0, 0.1) is 0 Å². The molecule has 1 aromatic carbocycles. The van der Waals surface area contributed by atoms with E-state index in [9.17, 15) is 4.79 Å². The Morgan fingerprint density at radius 1 is 1.23 bits per heavy atom. The molecule has 1 fully saturated rings. The van der Waals surface area contributed by atoms with Crippen molar-refractivity contribution in [1.29, 1.82) is 0 Å². The Morgan fingerprint density at radius 2 is 2.14 bits per heavy atom.